The Morgan fingerprint density at radius 1 is 0.932 bits per heavy atom. The van der Waals surface area contributed by atoms with E-state index in [0.717, 1.165) is 16.7 Å². The van der Waals surface area contributed by atoms with Crippen LogP contribution >= 0.6 is 0 Å². The Morgan fingerprint density at radius 3 is 2.52 bits per heavy atom. The molecule has 0 saturated carbocycles. The SMILES string of the molecule is CC(c1ccc2ccccc2c1)N(C)CC1CC(c2ccc(CO)cc2)OC(c2cccc(NC(=O)c3cccnc3)c2)O1. The van der Waals surface area contributed by atoms with E-state index in [9.17, 15) is 9.90 Å². The van der Waals surface area contributed by atoms with E-state index >= 15 is 0 Å². The third-order valence-electron chi connectivity index (χ3n) is 8.36. The summed E-state index contributed by atoms with van der Waals surface area (Å²) in [6, 6.07) is 34.2. The molecule has 4 unspecified atom stereocenters. The molecule has 224 valence electrons. The summed E-state index contributed by atoms with van der Waals surface area (Å²) in [5, 5.41) is 15.0. The summed E-state index contributed by atoms with van der Waals surface area (Å²) in [5.41, 5.74) is 5.10. The van der Waals surface area contributed by atoms with Gasteiger partial charge in [0.05, 0.1) is 24.4 Å². The summed E-state index contributed by atoms with van der Waals surface area (Å²) in [5.74, 6) is -0.232. The van der Waals surface area contributed by atoms with Crippen molar-refractivity contribution < 1.29 is 19.4 Å². The van der Waals surface area contributed by atoms with Crippen LogP contribution < -0.4 is 5.32 Å². The van der Waals surface area contributed by atoms with Gasteiger partial charge in [-0.3, -0.25) is 14.7 Å². The lowest BCUT2D eigenvalue weighted by Gasteiger charge is -2.39. The first kappa shape index (κ1) is 29.7. The Balaban J connectivity index is 1.22. The second-order valence-corrected chi connectivity index (χ2v) is 11.4. The number of hydrogen-bond donors (Lipinski definition) is 2. The summed E-state index contributed by atoms with van der Waals surface area (Å²) < 4.78 is 13.2. The molecular formula is C37H37N3O4. The van der Waals surface area contributed by atoms with Crippen LogP contribution in [0.4, 0.5) is 5.69 Å². The lowest BCUT2D eigenvalue weighted by atomic mass is 9.98. The predicted octanol–water partition coefficient (Wildman–Crippen LogP) is 7.22. The molecule has 7 nitrogen and oxygen atoms in total. The molecule has 1 fully saturated rings. The van der Waals surface area contributed by atoms with E-state index in [4.69, 9.17) is 9.47 Å². The number of benzene rings is 4. The van der Waals surface area contributed by atoms with Crippen LogP contribution in [0.15, 0.2) is 116 Å². The fourth-order valence-electron chi connectivity index (χ4n) is 5.70. The number of ether oxygens (including phenoxy) is 2. The van der Waals surface area contributed by atoms with E-state index < -0.39 is 6.29 Å². The van der Waals surface area contributed by atoms with Gasteiger partial charge in [-0.1, -0.05) is 72.8 Å². The molecule has 2 heterocycles. The number of aliphatic hydroxyl groups is 1. The Bertz CT molecular complexity index is 1710. The summed E-state index contributed by atoms with van der Waals surface area (Å²) in [6.07, 6.45) is 2.91. The van der Waals surface area contributed by atoms with Crippen LogP contribution in [-0.2, 0) is 16.1 Å². The van der Waals surface area contributed by atoms with Crippen molar-refractivity contribution in [2.75, 3.05) is 18.9 Å². The fraction of sp³-hybridized carbons (Fsp3) is 0.243. The third-order valence-corrected chi connectivity index (χ3v) is 8.36. The van der Waals surface area contributed by atoms with Crippen molar-refractivity contribution in [3.8, 4) is 0 Å². The van der Waals surface area contributed by atoms with Gasteiger partial charge in [0.2, 0.25) is 0 Å². The molecule has 5 aromatic rings. The standard InChI is InChI=1S/C37H37N3O4/c1-25(29-17-16-27-7-3-4-8-30(27)19-29)40(2)23-34-21-35(28-14-12-26(24-41)13-15-28)44-37(43-34)31-9-5-11-33(20-31)39-36(42)32-10-6-18-38-22-32/h3-20,22,25,34-35,37,41H,21,23-24H2,1-2H3,(H,39,42). The van der Waals surface area contributed by atoms with Crippen LogP contribution in [0, 0.1) is 0 Å². The van der Waals surface area contributed by atoms with Crippen molar-refractivity contribution >= 4 is 22.4 Å². The third kappa shape index (κ3) is 6.87. The van der Waals surface area contributed by atoms with E-state index in [1.54, 1.807) is 24.5 Å². The minimum Gasteiger partial charge on any atom is -0.392 e. The number of nitrogens with one attached hydrogen (secondary N) is 1. The highest BCUT2D eigenvalue weighted by atomic mass is 16.7. The molecule has 1 aliphatic rings. The van der Waals surface area contributed by atoms with Crippen LogP contribution in [0.25, 0.3) is 10.8 Å². The number of aromatic nitrogens is 1. The van der Waals surface area contributed by atoms with Crippen molar-refractivity contribution in [1.29, 1.82) is 0 Å². The Morgan fingerprint density at radius 2 is 1.75 bits per heavy atom. The number of aliphatic hydroxyl groups excluding tert-OH is 1. The molecule has 1 aliphatic heterocycles. The predicted molar refractivity (Wildman–Crippen MR) is 172 cm³/mol. The number of fused-ring (bicyclic) bond motifs is 1. The molecular weight excluding hydrogens is 550 g/mol. The maximum Gasteiger partial charge on any atom is 0.257 e. The molecule has 4 aromatic carbocycles. The van der Waals surface area contributed by atoms with Gasteiger partial charge in [0.25, 0.3) is 5.91 Å². The van der Waals surface area contributed by atoms with Gasteiger partial charge in [-0.2, -0.15) is 0 Å². The second-order valence-electron chi connectivity index (χ2n) is 11.4. The summed E-state index contributed by atoms with van der Waals surface area (Å²) in [7, 11) is 2.13. The highest BCUT2D eigenvalue weighted by Crippen LogP contribution is 2.39. The second kappa shape index (κ2) is 13.5. The number of pyridine rings is 1. The number of hydrogen-bond acceptors (Lipinski definition) is 6. The molecule has 0 spiro atoms. The first-order valence-electron chi connectivity index (χ1n) is 15.0. The maximum absolute atomic E-state index is 12.8. The molecule has 6 rings (SSSR count). The van der Waals surface area contributed by atoms with Crippen molar-refractivity contribution in [1.82, 2.24) is 9.88 Å². The van der Waals surface area contributed by atoms with E-state index in [-0.39, 0.29) is 30.8 Å². The van der Waals surface area contributed by atoms with Gasteiger partial charge in [0, 0.05) is 42.7 Å². The molecule has 0 aliphatic carbocycles. The van der Waals surface area contributed by atoms with Crippen molar-refractivity contribution in [3.63, 3.8) is 0 Å². The first-order valence-corrected chi connectivity index (χ1v) is 15.0. The van der Waals surface area contributed by atoms with Crippen LogP contribution in [0.1, 0.15) is 64.4 Å². The zero-order valence-corrected chi connectivity index (χ0v) is 25.0. The average molecular weight is 588 g/mol. The Hall–Kier alpha value is -4.40. The fourth-order valence-corrected chi connectivity index (χ4v) is 5.70. The van der Waals surface area contributed by atoms with Crippen LogP contribution in [0.2, 0.25) is 0 Å². The average Bonchev–Trinajstić information content (AvgIpc) is 3.08. The van der Waals surface area contributed by atoms with Crippen molar-refractivity contribution in [2.45, 2.75) is 44.5 Å². The highest BCUT2D eigenvalue weighted by Gasteiger charge is 2.33. The first-order chi connectivity index (χ1) is 21.5. The van der Waals surface area contributed by atoms with E-state index in [2.05, 4.69) is 71.6 Å². The zero-order chi connectivity index (χ0) is 30.5. The highest BCUT2D eigenvalue weighted by molar-refractivity contribution is 6.04. The van der Waals surface area contributed by atoms with Crippen molar-refractivity contribution in [2.24, 2.45) is 0 Å². The van der Waals surface area contributed by atoms with Crippen molar-refractivity contribution in [3.05, 3.63) is 143 Å². The largest absolute Gasteiger partial charge is 0.392 e. The number of nitrogens with zero attached hydrogens (tertiary/aromatic N) is 2. The van der Waals surface area contributed by atoms with Crippen LogP contribution in [-0.4, -0.2) is 40.6 Å². The molecule has 1 aromatic heterocycles. The van der Waals surface area contributed by atoms with Gasteiger partial charge in [0.1, 0.15) is 0 Å². The van der Waals surface area contributed by atoms with Gasteiger partial charge in [-0.05, 0) is 71.8 Å². The molecule has 1 saturated heterocycles. The molecule has 7 heteroatoms. The van der Waals surface area contributed by atoms with Gasteiger partial charge in [-0.25, -0.2) is 0 Å². The van der Waals surface area contributed by atoms with Gasteiger partial charge in [0.15, 0.2) is 6.29 Å². The quantitative estimate of drug-likeness (QED) is 0.190. The van der Waals surface area contributed by atoms with E-state index in [1.807, 2.05) is 48.5 Å². The van der Waals surface area contributed by atoms with Crippen LogP contribution in [0.5, 0.6) is 0 Å². The number of carbonyl (C=O) groups is 1. The normalized spacial score (nSPS) is 19.1. The van der Waals surface area contributed by atoms with Gasteiger partial charge < -0.3 is 19.9 Å². The molecule has 44 heavy (non-hydrogen) atoms. The smallest absolute Gasteiger partial charge is 0.257 e. The summed E-state index contributed by atoms with van der Waals surface area (Å²) >= 11 is 0. The summed E-state index contributed by atoms with van der Waals surface area (Å²) in [6.45, 7) is 2.92. The Labute approximate surface area is 258 Å². The number of carbonyl (C=O) groups excluding carboxylic acids is 1. The lowest BCUT2D eigenvalue weighted by Crippen LogP contribution is -2.38. The van der Waals surface area contributed by atoms with E-state index in [0.29, 0.717) is 24.2 Å². The molecule has 2 N–H and O–H groups in total. The molecule has 0 radical (unpaired) electrons. The lowest BCUT2D eigenvalue weighted by molar-refractivity contribution is -0.253. The Kier molecular flexibility index (Phi) is 9.09. The molecule has 0 bridgehead atoms. The number of likely N-dealkylation sites (N-methyl/N-ethyl adjacent to an activating group) is 1. The zero-order valence-electron chi connectivity index (χ0n) is 25.0. The molecule has 4 atom stereocenters. The van der Waals surface area contributed by atoms with Crippen LogP contribution in [0.3, 0.4) is 0 Å². The van der Waals surface area contributed by atoms with Gasteiger partial charge in [-0.15, -0.1) is 0 Å². The molecule has 1 amide bonds. The van der Waals surface area contributed by atoms with E-state index in [1.165, 1.54) is 16.3 Å². The maximum atomic E-state index is 12.8. The minimum atomic E-state index is -0.629. The van der Waals surface area contributed by atoms with Gasteiger partial charge >= 0.3 is 0 Å². The number of anilines is 1. The minimum absolute atomic E-state index is 0.00479. The topological polar surface area (TPSA) is 83.9 Å². The monoisotopic (exact) mass is 587 g/mol. The number of rotatable bonds is 9. The number of amides is 1. The summed E-state index contributed by atoms with van der Waals surface area (Å²) in [4.78, 5) is 19.2.